The van der Waals surface area contributed by atoms with Gasteiger partial charge in [0.1, 0.15) is 30.8 Å². The molecular formula is C31H66N3O9Si4+. The molecule has 16 heteroatoms. The number of ketones is 2. The Morgan fingerprint density at radius 2 is 1.09 bits per heavy atom. The molecule has 1 fully saturated rings. The summed E-state index contributed by atoms with van der Waals surface area (Å²) in [7, 11) is -8.04. The van der Waals surface area contributed by atoms with Crippen molar-refractivity contribution < 1.29 is 45.2 Å². The molecule has 0 spiro atoms. The van der Waals surface area contributed by atoms with Crippen molar-refractivity contribution in [3.8, 4) is 0 Å². The number of methoxy groups -OCH3 is 1. The number of hydrogen-bond acceptors (Lipinski definition) is 9. The summed E-state index contributed by atoms with van der Waals surface area (Å²) in [6.07, 6.45) is 5.03. The van der Waals surface area contributed by atoms with Crippen LogP contribution in [0.1, 0.15) is 65.2 Å². The van der Waals surface area contributed by atoms with Crippen LogP contribution in [0.5, 0.6) is 0 Å². The van der Waals surface area contributed by atoms with Gasteiger partial charge in [-0.15, -0.1) is 0 Å². The Balaban J connectivity index is 2.80. The molecule has 0 radical (unpaired) electrons. The van der Waals surface area contributed by atoms with Crippen LogP contribution in [0.25, 0.3) is 0 Å². The molecule has 0 aromatic rings. The van der Waals surface area contributed by atoms with Crippen molar-refractivity contribution in [3.05, 3.63) is 0 Å². The zero-order valence-corrected chi connectivity index (χ0v) is 35.3. The molecule has 1 atom stereocenters. The standard InChI is InChI=1S/C31H65N3O9Si4/c1-27(35)16-12-14-18-30(37)32-20-22-34(23-21-33-31(38)19-15-13-17-28(2)36)24-29(25-34)40-45(7,8)42-47(11,26-39-3)43-46(9,10)41-44(4,5)6/h29H,12-26H2,1-11H3,(H-,32,33,37,38)/p+1. The lowest BCUT2D eigenvalue weighted by Crippen LogP contribution is -2.72. The lowest BCUT2D eigenvalue weighted by molar-refractivity contribution is -0.969. The van der Waals surface area contributed by atoms with E-state index >= 15 is 0 Å². The summed E-state index contributed by atoms with van der Waals surface area (Å²) in [4.78, 5) is 47.2. The minimum absolute atomic E-state index is 0.00667. The highest BCUT2D eigenvalue weighted by atomic mass is 28.5. The smallest absolute Gasteiger partial charge is 0.344 e. The van der Waals surface area contributed by atoms with Crippen molar-refractivity contribution in [2.24, 2.45) is 0 Å². The van der Waals surface area contributed by atoms with Gasteiger partial charge in [0.15, 0.2) is 8.32 Å². The second-order valence-electron chi connectivity index (χ2n) is 15.2. The molecule has 0 aromatic carbocycles. The monoisotopic (exact) mass is 736 g/mol. The van der Waals surface area contributed by atoms with Crippen molar-refractivity contribution >= 4 is 57.4 Å². The molecule has 47 heavy (non-hydrogen) atoms. The van der Waals surface area contributed by atoms with Gasteiger partial charge in [-0.3, -0.25) is 9.59 Å². The van der Waals surface area contributed by atoms with E-state index in [9.17, 15) is 19.2 Å². The van der Waals surface area contributed by atoms with E-state index in [1.54, 1.807) is 21.0 Å². The summed E-state index contributed by atoms with van der Waals surface area (Å²) in [5, 5.41) is 6.08. The van der Waals surface area contributed by atoms with Gasteiger partial charge in [0.2, 0.25) is 11.8 Å². The molecule has 2 amide bonds. The first-order valence-electron chi connectivity index (χ1n) is 17.2. The third kappa shape index (κ3) is 20.2. The van der Waals surface area contributed by atoms with E-state index in [1.807, 2.05) is 6.55 Å². The third-order valence-corrected chi connectivity index (χ3v) is 21.2. The Morgan fingerprint density at radius 3 is 1.49 bits per heavy atom. The van der Waals surface area contributed by atoms with Gasteiger partial charge >= 0.3 is 25.7 Å². The van der Waals surface area contributed by atoms with Crippen LogP contribution in [0, 0.1) is 0 Å². The van der Waals surface area contributed by atoms with E-state index in [0.717, 1.165) is 43.5 Å². The van der Waals surface area contributed by atoms with Crippen molar-refractivity contribution in [2.45, 2.75) is 124 Å². The van der Waals surface area contributed by atoms with Crippen LogP contribution < -0.4 is 10.6 Å². The maximum Gasteiger partial charge on any atom is 0.344 e. The summed E-state index contributed by atoms with van der Waals surface area (Å²) >= 11 is 0. The first kappa shape index (κ1) is 43.9. The highest BCUT2D eigenvalue weighted by Gasteiger charge is 2.51. The zero-order chi connectivity index (χ0) is 35.9. The van der Waals surface area contributed by atoms with Gasteiger partial charge in [-0.05, 0) is 91.9 Å². The summed E-state index contributed by atoms with van der Waals surface area (Å²) in [6, 6.07) is 0. The number of unbranched alkanes of at least 4 members (excludes halogenated alkanes) is 2. The molecule has 0 saturated carbocycles. The SMILES string of the molecule is COC[Si](C)(O[Si](C)(C)OC1C[N+](CCNC(=O)CCCCC(C)=O)(CCNC(=O)CCCCC(C)=O)C1)O[Si](C)(C)O[Si](C)(C)C. The van der Waals surface area contributed by atoms with Crippen LogP contribution in [0.15, 0.2) is 0 Å². The fourth-order valence-corrected chi connectivity index (χ4v) is 23.7. The second-order valence-corrected chi connectivity index (χ2v) is 30.3. The minimum atomic E-state index is -2.78. The maximum atomic E-state index is 12.4. The number of amides is 2. The van der Waals surface area contributed by atoms with Crippen molar-refractivity contribution in [1.82, 2.24) is 10.6 Å². The van der Waals surface area contributed by atoms with Crippen LogP contribution in [-0.4, -0.2) is 121 Å². The number of quaternary nitrogens is 1. The molecule has 1 aliphatic rings. The maximum absolute atomic E-state index is 12.4. The number of carbonyl (C=O) groups is 4. The lowest BCUT2D eigenvalue weighted by Gasteiger charge is -2.52. The molecule has 12 nitrogen and oxygen atoms in total. The summed E-state index contributed by atoms with van der Waals surface area (Å²) in [5.74, 6) is 0.276. The van der Waals surface area contributed by atoms with Gasteiger partial charge in [0.25, 0.3) is 0 Å². The first-order valence-corrected chi connectivity index (χ1v) is 28.8. The molecule has 1 unspecified atom stereocenters. The number of nitrogens with one attached hydrogen (secondary N) is 2. The van der Waals surface area contributed by atoms with Gasteiger partial charge in [-0.25, -0.2) is 0 Å². The van der Waals surface area contributed by atoms with Gasteiger partial charge < -0.3 is 46.2 Å². The Bertz CT molecular complexity index is 979. The van der Waals surface area contributed by atoms with Gasteiger partial charge in [0, 0.05) is 32.8 Å². The van der Waals surface area contributed by atoms with E-state index in [2.05, 4.69) is 56.5 Å². The van der Waals surface area contributed by atoms with Crippen molar-refractivity contribution in [2.75, 3.05) is 52.6 Å². The number of ether oxygens (including phenoxy) is 1. The zero-order valence-electron chi connectivity index (χ0n) is 31.3. The molecule has 0 aromatic heterocycles. The molecule has 274 valence electrons. The van der Waals surface area contributed by atoms with Crippen LogP contribution in [0.2, 0.25) is 52.4 Å². The number of carbonyl (C=O) groups excluding carboxylic acids is 4. The highest BCUT2D eigenvalue weighted by Crippen LogP contribution is 2.29. The number of likely N-dealkylation sites (tertiary alicyclic amines) is 1. The molecule has 0 aliphatic carbocycles. The van der Waals surface area contributed by atoms with E-state index in [1.165, 1.54) is 0 Å². The van der Waals surface area contributed by atoms with E-state index in [-0.39, 0.29) is 29.5 Å². The fraction of sp³-hybridized carbons (Fsp3) is 0.871. The van der Waals surface area contributed by atoms with Gasteiger partial charge in [-0.2, -0.15) is 0 Å². The Hall–Kier alpha value is -1.09. The Labute approximate surface area is 288 Å². The number of rotatable bonds is 26. The summed E-state index contributed by atoms with van der Waals surface area (Å²) < 4.78 is 32.8. The van der Waals surface area contributed by atoms with E-state index in [0.29, 0.717) is 57.8 Å². The summed E-state index contributed by atoms with van der Waals surface area (Å²) in [5.41, 5.74) is 0. The normalized spacial score (nSPS) is 16.7. The second kappa shape index (κ2) is 19.9. The lowest BCUT2D eigenvalue weighted by atomic mass is 10.1. The first-order chi connectivity index (χ1) is 21.6. The van der Waals surface area contributed by atoms with Crippen LogP contribution in [0.3, 0.4) is 0 Å². The van der Waals surface area contributed by atoms with Gasteiger partial charge in [-0.1, -0.05) is 0 Å². The van der Waals surface area contributed by atoms with Crippen LogP contribution >= 0.6 is 0 Å². The average molecular weight is 737 g/mol. The number of Topliss-reactive ketones (excluding diaryl/α,β-unsaturated/α-hetero) is 2. The quantitative estimate of drug-likeness (QED) is 0.0758. The third-order valence-electron chi connectivity index (χ3n) is 7.70. The van der Waals surface area contributed by atoms with E-state index in [4.69, 9.17) is 21.5 Å². The van der Waals surface area contributed by atoms with Crippen molar-refractivity contribution in [3.63, 3.8) is 0 Å². The number of nitrogens with zero attached hydrogens (tertiary/aromatic N) is 1. The summed E-state index contributed by atoms with van der Waals surface area (Å²) in [6.45, 7) is 23.9. The molecular weight excluding hydrogens is 671 g/mol. The molecule has 2 N–H and O–H groups in total. The molecule has 1 heterocycles. The molecule has 1 saturated heterocycles. The largest absolute Gasteiger partial charge is 0.437 e. The van der Waals surface area contributed by atoms with Crippen molar-refractivity contribution in [1.29, 1.82) is 0 Å². The fourth-order valence-electron chi connectivity index (χ4n) is 6.29. The molecule has 0 bridgehead atoms. The minimum Gasteiger partial charge on any atom is -0.437 e. The van der Waals surface area contributed by atoms with Crippen LogP contribution in [-0.2, 0) is 40.7 Å². The topological polar surface area (TPSA) is 138 Å². The predicted octanol–water partition coefficient (Wildman–Crippen LogP) is 4.28. The number of hydrogen-bond donors (Lipinski definition) is 2. The van der Waals surface area contributed by atoms with Gasteiger partial charge in [0.05, 0.1) is 32.4 Å². The Kier molecular flexibility index (Phi) is 18.6. The molecule has 1 aliphatic heterocycles. The Morgan fingerprint density at radius 1 is 0.660 bits per heavy atom. The van der Waals surface area contributed by atoms with E-state index < -0.39 is 34.0 Å². The average Bonchev–Trinajstić information content (AvgIpc) is 2.85. The highest BCUT2D eigenvalue weighted by molar-refractivity contribution is 6.88. The molecule has 1 rings (SSSR count). The van der Waals surface area contributed by atoms with Crippen LogP contribution in [0.4, 0.5) is 0 Å². The predicted molar refractivity (Wildman–Crippen MR) is 194 cm³/mol.